The van der Waals surface area contributed by atoms with Crippen LogP contribution in [0.25, 0.3) is 0 Å². The number of likely N-dealkylation sites (N-methyl/N-ethyl adjacent to an activating group) is 1. The molecule has 7 heteroatoms. The molecular weight excluding hydrogens is 296 g/mol. The molecule has 23 heavy (non-hydrogen) atoms. The summed E-state index contributed by atoms with van der Waals surface area (Å²) in [4.78, 5) is 26.6. The Morgan fingerprint density at radius 1 is 1.22 bits per heavy atom. The minimum atomic E-state index is -0.416. The summed E-state index contributed by atoms with van der Waals surface area (Å²) in [6, 6.07) is 6.31. The van der Waals surface area contributed by atoms with Crippen molar-refractivity contribution in [3.05, 3.63) is 34.4 Å². The van der Waals surface area contributed by atoms with Gasteiger partial charge >= 0.3 is 0 Å². The third-order valence-corrected chi connectivity index (χ3v) is 4.15. The van der Waals surface area contributed by atoms with Gasteiger partial charge in [-0.3, -0.25) is 14.9 Å². The number of hydrogen-bond acceptors (Lipinski definition) is 5. The molecule has 0 spiro atoms. The van der Waals surface area contributed by atoms with Crippen molar-refractivity contribution in [2.45, 2.75) is 19.8 Å². The van der Waals surface area contributed by atoms with Crippen LogP contribution in [-0.2, 0) is 4.79 Å². The molecule has 0 bridgehead atoms. The quantitative estimate of drug-likeness (QED) is 0.472. The first kappa shape index (κ1) is 17.2. The van der Waals surface area contributed by atoms with Crippen molar-refractivity contribution in [1.29, 1.82) is 0 Å². The summed E-state index contributed by atoms with van der Waals surface area (Å²) in [5.41, 5.74) is 0.913. The van der Waals surface area contributed by atoms with Crippen molar-refractivity contribution in [2.75, 3.05) is 44.6 Å². The van der Waals surface area contributed by atoms with Gasteiger partial charge in [0.2, 0.25) is 5.91 Å². The fourth-order valence-corrected chi connectivity index (χ4v) is 2.64. The van der Waals surface area contributed by atoms with Gasteiger partial charge in [-0.15, -0.1) is 0 Å². The molecule has 126 valence electrons. The lowest BCUT2D eigenvalue weighted by atomic mass is 10.2. The maximum absolute atomic E-state index is 12.1. The van der Waals surface area contributed by atoms with Crippen molar-refractivity contribution in [1.82, 2.24) is 9.80 Å². The highest BCUT2D eigenvalue weighted by Gasteiger charge is 2.19. The SMILES string of the molecule is CCN1CCN(C(=O)CCCNc2ccc([N+](=O)[O-])cc2)CC1. The lowest BCUT2D eigenvalue weighted by Gasteiger charge is -2.34. The van der Waals surface area contributed by atoms with E-state index in [1.807, 2.05) is 4.90 Å². The number of nitro benzene ring substituents is 1. The zero-order valence-corrected chi connectivity index (χ0v) is 13.5. The van der Waals surface area contributed by atoms with E-state index in [0.717, 1.165) is 44.8 Å². The highest BCUT2D eigenvalue weighted by molar-refractivity contribution is 5.76. The normalized spacial score (nSPS) is 15.4. The number of carbonyl (C=O) groups excluding carboxylic acids is 1. The molecular formula is C16H24N4O3. The predicted octanol–water partition coefficient (Wildman–Crippen LogP) is 1.95. The number of amides is 1. The van der Waals surface area contributed by atoms with Gasteiger partial charge in [0.25, 0.3) is 5.69 Å². The second kappa shape index (κ2) is 8.47. The maximum Gasteiger partial charge on any atom is 0.269 e. The number of piperazine rings is 1. The highest BCUT2D eigenvalue weighted by atomic mass is 16.6. The summed E-state index contributed by atoms with van der Waals surface area (Å²) in [5.74, 6) is 0.214. The summed E-state index contributed by atoms with van der Waals surface area (Å²) < 4.78 is 0. The van der Waals surface area contributed by atoms with Crippen LogP contribution >= 0.6 is 0 Å². The molecule has 1 N–H and O–H groups in total. The van der Waals surface area contributed by atoms with E-state index in [9.17, 15) is 14.9 Å². The van der Waals surface area contributed by atoms with E-state index in [2.05, 4.69) is 17.1 Å². The molecule has 2 rings (SSSR count). The number of non-ortho nitro benzene ring substituents is 1. The van der Waals surface area contributed by atoms with Gasteiger partial charge in [-0.05, 0) is 25.1 Å². The Bertz CT molecular complexity index is 525. The number of nitro groups is 1. The van der Waals surface area contributed by atoms with E-state index in [0.29, 0.717) is 13.0 Å². The Labute approximate surface area is 136 Å². The molecule has 0 unspecified atom stereocenters. The summed E-state index contributed by atoms with van der Waals surface area (Å²) in [7, 11) is 0. The van der Waals surface area contributed by atoms with Crippen molar-refractivity contribution < 1.29 is 9.72 Å². The van der Waals surface area contributed by atoms with Crippen LogP contribution in [0.3, 0.4) is 0 Å². The minimum Gasteiger partial charge on any atom is -0.385 e. The topological polar surface area (TPSA) is 78.7 Å². The van der Waals surface area contributed by atoms with E-state index in [1.165, 1.54) is 12.1 Å². The second-order valence-electron chi connectivity index (χ2n) is 5.65. The maximum atomic E-state index is 12.1. The van der Waals surface area contributed by atoms with E-state index in [4.69, 9.17) is 0 Å². The molecule has 1 aliphatic rings. The van der Waals surface area contributed by atoms with Gasteiger partial charge in [-0.25, -0.2) is 0 Å². The van der Waals surface area contributed by atoms with Crippen LogP contribution in [0, 0.1) is 10.1 Å². The number of nitrogens with one attached hydrogen (secondary N) is 1. The molecule has 0 radical (unpaired) electrons. The standard InChI is InChI=1S/C16H24N4O3/c1-2-18-10-12-19(13-11-18)16(21)4-3-9-17-14-5-7-15(8-6-14)20(22)23/h5-8,17H,2-4,9-13H2,1H3. The smallest absolute Gasteiger partial charge is 0.269 e. The van der Waals surface area contributed by atoms with Crippen LogP contribution < -0.4 is 5.32 Å². The van der Waals surface area contributed by atoms with Crippen LogP contribution in [-0.4, -0.2) is 59.9 Å². The van der Waals surface area contributed by atoms with E-state index >= 15 is 0 Å². The number of anilines is 1. The summed E-state index contributed by atoms with van der Waals surface area (Å²) >= 11 is 0. The Balaban J connectivity index is 1.65. The number of rotatable bonds is 7. The average Bonchev–Trinajstić information content (AvgIpc) is 2.59. The number of hydrogen-bond donors (Lipinski definition) is 1. The molecule has 1 heterocycles. The summed E-state index contributed by atoms with van der Waals surface area (Å²) in [6.45, 7) is 7.43. The first-order chi connectivity index (χ1) is 11.1. The molecule has 1 aromatic rings. The van der Waals surface area contributed by atoms with Crippen LogP contribution in [0.15, 0.2) is 24.3 Å². The van der Waals surface area contributed by atoms with Crippen molar-refractivity contribution >= 4 is 17.3 Å². The molecule has 0 aromatic heterocycles. The third kappa shape index (κ3) is 5.21. The summed E-state index contributed by atoms with van der Waals surface area (Å²) in [5, 5.41) is 13.8. The Morgan fingerprint density at radius 2 is 1.87 bits per heavy atom. The highest BCUT2D eigenvalue weighted by Crippen LogP contribution is 2.15. The first-order valence-electron chi connectivity index (χ1n) is 8.08. The zero-order chi connectivity index (χ0) is 16.7. The minimum absolute atomic E-state index is 0.0805. The number of nitrogens with zero attached hydrogens (tertiary/aromatic N) is 3. The van der Waals surface area contributed by atoms with Gasteiger partial charge in [-0.2, -0.15) is 0 Å². The van der Waals surface area contributed by atoms with E-state index in [1.54, 1.807) is 12.1 Å². The molecule has 0 saturated carbocycles. The lowest BCUT2D eigenvalue weighted by molar-refractivity contribution is -0.384. The molecule has 0 aliphatic carbocycles. The first-order valence-corrected chi connectivity index (χ1v) is 8.08. The summed E-state index contributed by atoms with van der Waals surface area (Å²) in [6.07, 6.45) is 1.29. The van der Waals surface area contributed by atoms with Gasteiger partial charge < -0.3 is 15.1 Å². The third-order valence-electron chi connectivity index (χ3n) is 4.15. The Kier molecular flexibility index (Phi) is 6.34. The molecule has 1 aromatic carbocycles. The molecule has 7 nitrogen and oxygen atoms in total. The molecule has 1 fully saturated rings. The monoisotopic (exact) mass is 320 g/mol. The molecule has 0 atom stereocenters. The largest absolute Gasteiger partial charge is 0.385 e. The Morgan fingerprint density at radius 3 is 2.43 bits per heavy atom. The lowest BCUT2D eigenvalue weighted by Crippen LogP contribution is -2.48. The van der Waals surface area contributed by atoms with Crippen molar-refractivity contribution in [3.63, 3.8) is 0 Å². The van der Waals surface area contributed by atoms with Gasteiger partial charge in [0.1, 0.15) is 0 Å². The fraction of sp³-hybridized carbons (Fsp3) is 0.562. The Hall–Kier alpha value is -2.15. The van der Waals surface area contributed by atoms with E-state index in [-0.39, 0.29) is 11.6 Å². The van der Waals surface area contributed by atoms with Gasteiger partial charge in [0.05, 0.1) is 4.92 Å². The second-order valence-corrected chi connectivity index (χ2v) is 5.65. The molecule has 1 amide bonds. The average molecular weight is 320 g/mol. The number of carbonyl (C=O) groups is 1. The molecule has 1 aliphatic heterocycles. The van der Waals surface area contributed by atoms with Gasteiger partial charge in [0, 0.05) is 57.0 Å². The fourth-order valence-electron chi connectivity index (χ4n) is 2.64. The van der Waals surface area contributed by atoms with Crippen molar-refractivity contribution in [2.24, 2.45) is 0 Å². The van der Waals surface area contributed by atoms with Gasteiger partial charge in [-0.1, -0.05) is 6.92 Å². The van der Waals surface area contributed by atoms with Crippen LogP contribution in [0.1, 0.15) is 19.8 Å². The van der Waals surface area contributed by atoms with Crippen molar-refractivity contribution in [3.8, 4) is 0 Å². The molecule has 1 saturated heterocycles. The number of benzene rings is 1. The van der Waals surface area contributed by atoms with Crippen LogP contribution in [0.4, 0.5) is 11.4 Å². The van der Waals surface area contributed by atoms with Gasteiger partial charge in [0.15, 0.2) is 0 Å². The predicted molar refractivity (Wildman–Crippen MR) is 89.5 cm³/mol. The van der Waals surface area contributed by atoms with Crippen LogP contribution in [0.5, 0.6) is 0 Å². The zero-order valence-electron chi connectivity index (χ0n) is 13.5. The van der Waals surface area contributed by atoms with E-state index < -0.39 is 4.92 Å². The van der Waals surface area contributed by atoms with Crippen LogP contribution in [0.2, 0.25) is 0 Å².